The van der Waals surface area contributed by atoms with Crippen molar-refractivity contribution in [2.75, 3.05) is 13.1 Å². The van der Waals surface area contributed by atoms with Crippen LogP contribution in [0.15, 0.2) is 54.6 Å². The minimum Gasteiger partial charge on any atom is -0.385 e. The monoisotopic (exact) mass is 327 g/mol. The molecule has 2 aromatic rings. The van der Waals surface area contributed by atoms with Crippen LogP contribution in [0, 0.1) is 0 Å². The van der Waals surface area contributed by atoms with E-state index in [0.717, 1.165) is 36.5 Å². The third kappa shape index (κ3) is 3.03. The van der Waals surface area contributed by atoms with Crippen molar-refractivity contribution in [2.45, 2.75) is 36.8 Å². The molecule has 2 atom stereocenters. The van der Waals surface area contributed by atoms with Crippen LogP contribution in [0.2, 0.25) is 5.02 Å². The normalized spacial score (nSPS) is 26.9. The van der Waals surface area contributed by atoms with E-state index in [1.54, 1.807) is 0 Å². The fourth-order valence-electron chi connectivity index (χ4n) is 3.92. The van der Waals surface area contributed by atoms with Gasteiger partial charge < -0.3 is 5.11 Å². The van der Waals surface area contributed by atoms with Gasteiger partial charge in [0.05, 0.1) is 5.60 Å². The lowest BCUT2D eigenvalue weighted by Gasteiger charge is -2.39. The summed E-state index contributed by atoms with van der Waals surface area (Å²) >= 11 is 5.95. The summed E-state index contributed by atoms with van der Waals surface area (Å²) < 4.78 is 0. The maximum atomic E-state index is 11.0. The highest BCUT2D eigenvalue weighted by Crippen LogP contribution is 2.46. The van der Waals surface area contributed by atoms with Gasteiger partial charge in [-0.15, -0.1) is 0 Å². The molecule has 0 spiro atoms. The van der Waals surface area contributed by atoms with Gasteiger partial charge >= 0.3 is 0 Å². The van der Waals surface area contributed by atoms with Crippen molar-refractivity contribution < 1.29 is 5.11 Å². The fraction of sp³-hybridized carbons (Fsp3) is 0.400. The van der Waals surface area contributed by atoms with E-state index in [9.17, 15) is 5.11 Å². The Balaban J connectivity index is 1.39. The Labute approximate surface area is 142 Å². The molecule has 4 rings (SSSR count). The topological polar surface area (TPSA) is 23.5 Å². The summed E-state index contributed by atoms with van der Waals surface area (Å²) in [6.45, 7) is 1.93. The average molecular weight is 328 g/mol. The van der Waals surface area contributed by atoms with Crippen LogP contribution in [0.5, 0.6) is 0 Å². The van der Waals surface area contributed by atoms with Crippen molar-refractivity contribution in [2.24, 2.45) is 0 Å². The Morgan fingerprint density at radius 1 is 0.957 bits per heavy atom. The van der Waals surface area contributed by atoms with Gasteiger partial charge in [0.1, 0.15) is 0 Å². The van der Waals surface area contributed by atoms with Crippen molar-refractivity contribution in [3.05, 3.63) is 70.7 Å². The molecule has 1 heterocycles. The minimum atomic E-state index is -0.696. The van der Waals surface area contributed by atoms with Crippen molar-refractivity contribution in [3.8, 4) is 0 Å². The second-order valence-electron chi connectivity index (χ2n) is 6.89. The van der Waals surface area contributed by atoms with Crippen LogP contribution in [0.4, 0.5) is 0 Å². The molecule has 0 bridgehead atoms. The summed E-state index contributed by atoms with van der Waals surface area (Å²) in [4.78, 5) is 2.56. The van der Waals surface area contributed by atoms with Crippen LogP contribution < -0.4 is 0 Å². The molecule has 0 amide bonds. The number of piperidine rings is 1. The second kappa shape index (κ2) is 5.94. The zero-order valence-electron chi connectivity index (χ0n) is 13.2. The standard InChI is InChI=1S/C20H22ClNO/c21-17-8-6-16(7-9-17)20(23)10-12-22(13-11-20)19-14-18(19)15-4-2-1-3-5-15/h1-9,18-19,23H,10-14H2/t18-,19+/m0/s1. The molecule has 2 fully saturated rings. The fourth-order valence-corrected chi connectivity index (χ4v) is 4.04. The van der Waals surface area contributed by atoms with Gasteiger partial charge in [-0.25, -0.2) is 0 Å². The zero-order chi connectivity index (χ0) is 15.9. The summed E-state index contributed by atoms with van der Waals surface area (Å²) in [6, 6.07) is 19.1. The predicted molar refractivity (Wildman–Crippen MR) is 93.7 cm³/mol. The van der Waals surface area contributed by atoms with Crippen LogP contribution in [0.1, 0.15) is 36.3 Å². The molecular weight excluding hydrogens is 306 g/mol. The summed E-state index contributed by atoms with van der Waals surface area (Å²) in [6.07, 6.45) is 2.85. The molecule has 3 heteroatoms. The molecule has 0 unspecified atom stereocenters. The predicted octanol–water partition coefficient (Wildman–Crippen LogP) is 4.18. The first kappa shape index (κ1) is 15.2. The molecule has 2 aliphatic rings. The van der Waals surface area contributed by atoms with Crippen molar-refractivity contribution in [1.82, 2.24) is 4.90 Å². The average Bonchev–Trinajstić information content (AvgIpc) is 3.37. The Morgan fingerprint density at radius 2 is 1.61 bits per heavy atom. The highest BCUT2D eigenvalue weighted by Gasteiger charge is 2.45. The van der Waals surface area contributed by atoms with Crippen LogP contribution in [0.25, 0.3) is 0 Å². The van der Waals surface area contributed by atoms with Crippen molar-refractivity contribution >= 4 is 11.6 Å². The van der Waals surface area contributed by atoms with Gasteiger partial charge in [0.15, 0.2) is 0 Å². The maximum absolute atomic E-state index is 11.0. The highest BCUT2D eigenvalue weighted by molar-refractivity contribution is 6.30. The van der Waals surface area contributed by atoms with E-state index in [1.807, 2.05) is 24.3 Å². The molecule has 1 saturated heterocycles. The number of rotatable bonds is 3. The molecule has 0 aromatic heterocycles. The van der Waals surface area contributed by atoms with E-state index in [4.69, 9.17) is 11.6 Å². The number of hydrogen-bond donors (Lipinski definition) is 1. The lowest BCUT2D eigenvalue weighted by atomic mass is 9.84. The SMILES string of the molecule is OC1(c2ccc(Cl)cc2)CCN([C@@H]2C[C@H]2c2ccccc2)CC1. The van der Waals surface area contributed by atoms with E-state index >= 15 is 0 Å². The molecule has 23 heavy (non-hydrogen) atoms. The van der Waals surface area contributed by atoms with Gasteiger partial charge in [-0.2, -0.15) is 0 Å². The van der Waals surface area contributed by atoms with Crippen LogP contribution in [-0.2, 0) is 5.60 Å². The van der Waals surface area contributed by atoms with Crippen LogP contribution in [0.3, 0.4) is 0 Å². The van der Waals surface area contributed by atoms with E-state index in [0.29, 0.717) is 12.0 Å². The maximum Gasteiger partial charge on any atom is 0.0920 e. The summed E-state index contributed by atoms with van der Waals surface area (Å²) in [5, 5.41) is 11.7. The third-order valence-electron chi connectivity index (χ3n) is 5.46. The zero-order valence-corrected chi connectivity index (χ0v) is 13.9. The summed E-state index contributed by atoms with van der Waals surface area (Å²) in [5.41, 5.74) is 1.76. The Morgan fingerprint density at radius 3 is 2.26 bits per heavy atom. The minimum absolute atomic E-state index is 0.659. The molecule has 1 N–H and O–H groups in total. The third-order valence-corrected chi connectivity index (χ3v) is 5.71. The molecule has 1 aliphatic heterocycles. The molecule has 120 valence electrons. The molecule has 1 aliphatic carbocycles. The molecule has 2 nitrogen and oxygen atoms in total. The Bertz CT molecular complexity index is 662. The highest BCUT2D eigenvalue weighted by atomic mass is 35.5. The number of nitrogens with zero attached hydrogens (tertiary/aromatic N) is 1. The first-order valence-corrected chi connectivity index (χ1v) is 8.81. The van der Waals surface area contributed by atoms with E-state index in [-0.39, 0.29) is 0 Å². The van der Waals surface area contributed by atoms with E-state index in [2.05, 4.69) is 35.2 Å². The summed E-state index contributed by atoms with van der Waals surface area (Å²) in [5.74, 6) is 0.679. The molecule has 1 saturated carbocycles. The lowest BCUT2D eigenvalue weighted by Crippen LogP contribution is -2.43. The Hall–Kier alpha value is -1.35. The van der Waals surface area contributed by atoms with Gasteiger partial charge in [-0.05, 0) is 42.5 Å². The number of likely N-dealkylation sites (tertiary alicyclic amines) is 1. The van der Waals surface area contributed by atoms with Crippen molar-refractivity contribution in [3.63, 3.8) is 0 Å². The summed E-state index contributed by atoms with van der Waals surface area (Å²) in [7, 11) is 0. The van der Waals surface area contributed by atoms with Gasteiger partial charge in [0.25, 0.3) is 0 Å². The van der Waals surface area contributed by atoms with Crippen LogP contribution >= 0.6 is 11.6 Å². The first-order chi connectivity index (χ1) is 11.2. The molecule has 0 radical (unpaired) electrons. The molecule has 2 aromatic carbocycles. The van der Waals surface area contributed by atoms with Crippen molar-refractivity contribution in [1.29, 1.82) is 0 Å². The number of halogens is 1. The first-order valence-electron chi connectivity index (χ1n) is 8.43. The lowest BCUT2D eigenvalue weighted by molar-refractivity contribution is -0.0281. The van der Waals surface area contributed by atoms with Crippen LogP contribution in [-0.4, -0.2) is 29.1 Å². The van der Waals surface area contributed by atoms with Gasteiger partial charge in [-0.1, -0.05) is 54.1 Å². The van der Waals surface area contributed by atoms with Gasteiger partial charge in [-0.3, -0.25) is 4.90 Å². The number of benzene rings is 2. The second-order valence-corrected chi connectivity index (χ2v) is 7.33. The number of aliphatic hydroxyl groups is 1. The smallest absolute Gasteiger partial charge is 0.0920 e. The van der Waals surface area contributed by atoms with Gasteiger partial charge in [0.2, 0.25) is 0 Å². The largest absolute Gasteiger partial charge is 0.385 e. The van der Waals surface area contributed by atoms with Gasteiger partial charge in [0, 0.05) is 30.1 Å². The number of hydrogen-bond acceptors (Lipinski definition) is 2. The van der Waals surface area contributed by atoms with E-state index < -0.39 is 5.60 Å². The quantitative estimate of drug-likeness (QED) is 0.914. The van der Waals surface area contributed by atoms with E-state index in [1.165, 1.54) is 12.0 Å². The molecular formula is C20H22ClNO. The Kier molecular flexibility index (Phi) is 3.92.